The molecule has 0 aliphatic rings. The van der Waals surface area contributed by atoms with Crippen molar-refractivity contribution in [3.8, 4) is 0 Å². The molecule has 0 aromatic rings. The summed E-state index contributed by atoms with van der Waals surface area (Å²) in [5, 5.41) is 0. The molecule has 0 rings (SSSR count). The Morgan fingerprint density at radius 2 is 0.682 bits per heavy atom. The minimum absolute atomic E-state index is 0.391. The first-order valence-electron chi connectivity index (χ1n) is 9.62. The average Bonchev–Trinajstić information content (AvgIpc) is 2.51. The van der Waals surface area contributed by atoms with Gasteiger partial charge in [0.2, 0.25) is 0 Å². The van der Waals surface area contributed by atoms with E-state index in [0.717, 1.165) is 38.8 Å². The predicted molar refractivity (Wildman–Crippen MR) is 98.7 cm³/mol. The lowest BCUT2D eigenvalue weighted by Gasteiger charge is -2.12. The van der Waals surface area contributed by atoms with Gasteiger partial charge in [0.1, 0.15) is 0 Å². The van der Waals surface area contributed by atoms with E-state index < -0.39 is 0 Å². The minimum atomic E-state index is 0.391. The summed E-state index contributed by atoms with van der Waals surface area (Å²) >= 11 is 0. The second-order valence-electron chi connectivity index (χ2n) is 6.79. The van der Waals surface area contributed by atoms with Crippen molar-refractivity contribution in [3.63, 3.8) is 0 Å². The van der Waals surface area contributed by atoms with Crippen LogP contribution in [-0.4, -0.2) is 25.2 Å². The van der Waals surface area contributed by atoms with E-state index in [-0.39, 0.29) is 0 Å². The van der Waals surface area contributed by atoms with Crippen LogP contribution in [0.5, 0.6) is 0 Å². The first-order valence-corrected chi connectivity index (χ1v) is 9.62. The monoisotopic (exact) mass is 314 g/mol. The second kappa shape index (κ2) is 17.2. The Bertz CT molecular complexity index is 189. The summed E-state index contributed by atoms with van der Waals surface area (Å²) in [5.41, 5.74) is 23.3. The topological polar surface area (TPSA) is 104 Å². The smallest absolute Gasteiger partial charge is 0.00388 e. The third-order valence-corrected chi connectivity index (χ3v) is 4.46. The lowest BCUT2D eigenvalue weighted by Crippen LogP contribution is -2.20. The molecule has 22 heavy (non-hydrogen) atoms. The maximum Gasteiger partial charge on any atom is 0.00388 e. The molecule has 0 aliphatic carbocycles. The van der Waals surface area contributed by atoms with Crippen molar-refractivity contribution in [1.29, 1.82) is 0 Å². The SMILES string of the molecule is NCCCCCC(N)CCCCCCC(N)CCCCCN. The maximum atomic E-state index is 6.14. The van der Waals surface area contributed by atoms with E-state index in [0.29, 0.717) is 12.1 Å². The quantitative estimate of drug-likeness (QED) is 0.310. The van der Waals surface area contributed by atoms with Gasteiger partial charge in [-0.05, 0) is 51.6 Å². The predicted octanol–water partition coefficient (Wildman–Crippen LogP) is 3.02. The third-order valence-electron chi connectivity index (χ3n) is 4.46. The van der Waals surface area contributed by atoms with Crippen molar-refractivity contribution in [3.05, 3.63) is 0 Å². The fraction of sp³-hybridized carbons (Fsp3) is 1.00. The highest BCUT2D eigenvalue weighted by Crippen LogP contribution is 2.13. The van der Waals surface area contributed by atoms with Crippen LogP contribution in [0.25, 0.3) is 0 Å². The first-order chi connectivity index (χ1) is 10.7. The zero-order valence-electron chi connectivity index (χ0n) is 14.8. The van der Waals surface area contributed by atoms with Crippen molar-refractivity contribution >= 4 is 0 Å². The first kappa shape index (κ1) is 21.8. The van der Waals surface area contributed by atoms with Crippen LogP contribution in [-0.2, 0) is 0 Å². The molecule has 8 N–H and O–H groups in total. The van der Waals surface area contributed by atoms with E-state index in [4.69, 9.17) is 22.9 Å². The van der Waals surface area contributed by atoms with Gasteiger partial charge in [0.05, 0.1) is 0 Å². The van der Waals surface area contributed by atoms with Gasteiger partial charge in [-0.3, -0.25) is 0 Å². The van der Waals surface area contributed by atoms with Gasteiger partial charge in [-0.15, -0.1) is 0 Å². The molecule has 0 bridgehead atoms. The van der Waals surface area contributed by atoms with Crippen LogP contribution in [0, 0.1) is 0 Å². The molecule has 2 atom stereocenters. The molecular weight excluding hydrogens is 272 g/mol. The fourth-order valence-electron chi connectivity index (χ4n) is 2.91. The molecular formula is C18H42N4. The number of rotatable bonds is 17. The van der Waals surface area contributed by atoms with Crippen LogP contribution >= 0.6 is 0 Å². The fourth-order valence-corrected chi connectivity index (χ4v) is 2.91. The van der Waals surface area contributed by atoms with E-state index in [1.165, 1.54) is 64.2 Å². The van der Waals surface area contributed by atoms with E-state index in [2.05, 4.69) is 0 Å². The summed E-state index contributed by atoms with van der Waals surface area (Å²) in [5.74, 6) is 0. The summed E-state index contributed by atoms with van der Waals surface area (Å²) in [7, 11) is 0. The highest BCUT2D eigenvalue weighted by atomic mass is 14.6. The summed E-state index contributed by atoms with van der Waals surface area (Å²) in [4.78, 5) is 0. The standard InChI is InChI=1S/C18H42N4/c19-15-9-3-7-13-17(21)11-5-1-2-6-12-18(22)14-8-4-10-16-20/h17-18H,1-16,19-22H2. The Morgan fingerprint density at radius 3 is 0.955 bits per heavy atom. The van der Waals surface area contributed by atoms with Gasteiger partial charge in [0.15, 0.2) is 0 Å². The largest absolute Gasteiger partial charge is 0.330 e. The number of nitrogens with two attached hydrogens (primary N) is 4. The molecule has 0 heterocycles. The van der Waals surface area contributed by atoms with Crippen LogP contribution in [0.3, 0.4) is 0 Å². The van der Waals surface area contributed by atoms with Crippen LogP contribution in [0.15, 0.2) is 0 Å². The summed E-state index contributed by atoms with van der Waals surface area (Å²) < 4.78 is 0. The van der Waals surface area contributed by atoms with Crippen molar-refractivity contribution in [1.82, 2.24) is 0 Å². The molecule has 0 spiro atoms. The Morgan fingerprint density at radius 1 is 0.409 bits per heavy atom. The molecule has 0 saturated heterocycles. The Balaban J connectivity index is 3.24. The lowest BCUT2D eigenvalue weighted by molar-refractivity contribution is 0.470. The summed E-state index contributed by atoms with van der Waals surface area (Å²) in [6.45, 7) is 1.62. The lowest BCUT2D eigenvalue weighted by atomic mass is 9.99. The van der Waals surface area contributed by atoms with E-state index >= 15 is 0 Å². The van der Waals surface area contributed by atoms with Crippen LogP contribution in [0.2, 0.25) is 0 Å². The third kappa shape index (κ3) is 16.2. The maximum absolute atomic E-state index is 6.14. The molecule has 0 amide bonds. The number of hydrogen-bond donors (Lipinski definition) is 4. The van der Waals surface area contributed by atoms with Gasteiger partial charge in [0.25, 0.3) is 0 Å². The molecule has 0 aromatic carbocycles. The van der Waals surface area contributed by atoms with E-state index in [1.807, 2.05) is 0 Å². The van der Waals surface area contributed by atoms with Gasteiger partial charge in [-0.2, -0.15) is 0 Å². The normalized spacial score (nSPS) is 14.2. The van der Waals surface area contributed by atoms with E-state index in [1.54, 1.807) is 0 Å². The second-order valence-corrected chi connectivity index (χ2v) is 6.79. The van der Waals surface area contributed by atoms with Crippen LogP contribution in [0.1, 0.15) is 89.9 Å². The Hall–Kier alpha value is -0.160. The average molecular weight is 315 g/mol. The van der Waals surface area contributed by atoms with Gasteiger partial charge in [-0.25, -0.2) is 0 Å². The van der Waals surface area contributed by atoms with Crippen LogP contribution in [0.4, 0.5) is 0 Å². The van der Waals surface area contributed by atoms with Crippen molar-refractivity contribution in [2.75, 3.05) is 13.1 Å². The Labute approximate surface area is 138 Å². The number of hydrogen-bond acceptors (Lipinski definition) is 4. The van der Waals surface area contributed by atoms with Gasteiger partial charge >= 0.3 is 0 Å². The molecule has 134 valence electrons. The molecule has 0 saturated carbocycles. The summed E-state index contributed by atoms with van der Waals surface area (Å²) in [6, 6.07) is 0.783. The molecule has 0 radical (unpaired) electrons. The van der Waals surface area contributed by atoms with E-state index in [9.17, 15) is 0 Å². The highest BCUT2D eigenvalue weighted by Gasteiger charge is 2.04. The molecule has 0 fully saturated rings. The molecule has 4 nitrogen and oxygen atoms in total. The van der Waals surface area contributed by atoms with Gasteiger partial charge in [-0.1, -0.05) is 51.4 Å². The molecule has 0 aromatic heterocycles. The van der Waals surface area contributed by atoms with Gasteiger partial charge < -0.3 is 22.9 Å². The zero-order valence-corrected chi connectivity index (χ0v) is 14.8. The van der Waals surface area contributed by atoms with Gasteiger partial charge in [0, 0.05) is 12.1 Å². The van der Waals surface area contributed by atoms with Crippen molar-refractivity contribution in [2.45, 2.75) is 102 Å². The highest BCUT2D eigenvalue weighted by molar-refractivity contribution is 4.64. The zero-order chi connectivity index (χ0) is 16.5. The molecule has 0 aliphatic heterocycles. The van der Waals surface area contributed by atoms with Crippen LogP contribution < -0.4 is 22.9 Å². The summed E-state index contributed by atoms with van der Waals surface area (Å²) in [6.07, 6.45) is 17.0. The Kier molecular flexibility index (Phi) is 17.1. The number of unbranched alkanes of at least 4 members (excludes halogenated alkanes) is 7. The van der Waals surface area contributed by atoms with Crippen molar-refractivity contribution in [2.24, 2.45) is 22.9 Å². The minimum Gasteiger partial charge on any atom is -0.330 e. The molecule has 2 unspecified atom stereocenters. The molecule has 4 heteroatoms. The van der Waals surface area contributed by atoms with Crippen molar-refractivity contribution < 1.29 is 0 Å².